The van der Waals surface area contributed by atoms with Gasteiger partial charge in [0, 0.05) is 57.4 Å². The minimum Gasteiger partial charge on any atom is -0.512 e. The minimum absolute atomic E-state index is 0. The van der Waals surface area contributed by atoms with Gasteiger partial charge >= 0.3 is 0 Å². The number of para-hydroxylation sites is 1. The molecule has 0 unspecified atom stereocenters. The number of carbonyl (C=O) groups is 1. The molecule has 0 amide bonds. The summed E-state index contributed by atoms with van der Waals surface area (Å²) in [6.45, 7) is 21.4. The number of rotatable bonds is 9. The van der Waals surface area contributed by atoms with Gasteiger partial charge < -0.3 is 14.5 Å². The maximum absolute atomic E-state index is 12.2. The van der Waals surface area contributed by atoms with Crippen LogP contribution in [0.25, 0.3) is 53.7 Å². The van der Waals surface area contributed by atoms with E-state index in [4.69, 9.17) is 9.40 Å². The monoisotopic (exact) mass is 891 g/mol. The number of hydrogen-bond donors (Lipinski definition) is 1. The molecule has 1 aliphatic rings. The molecule has 1 aliphatic carbocycles. The van der Waals surface area contributed by atoms with Crippen LogP contribution >= 0.6 is 11.3 Å². The first-order valence-corrected chi connectivity index (χ1v) is 19.4. The Kier molecular flexibility index (Phi) is 11.5. The fraction of sp³-hybridized carbons (Fsp3) is 0.391. The molecule has 0 fully saturated rings. The zero-order chi connectivity index (χ0) is 36.9. The molecule has 0 bridgehead atoms. The number of nitrogens with zero attached hydrogens (tertiary/aromatic N) is 1. The van der Waals surface area contributed by atoms with Crippen molar-refractivity contribution in [2.75, 3.05) is 0 Å². The summed E-state index contributed by atoms with van der Waals surface area (Å²) in [7, 11) is 0. The molecule has 0 atom stereocenters. The van der Waals surface area contributed by atoms with Crippen LogP contribution in [0.5, 0.6) is 0 Å². The van der Waals surface area contributed by atoms with Crippen molar-refractivity contribution in [2.45, 2.75) is 106 Å². The molecule has 4 nitrogen and oxygen atoms in total. The number of pyridine rings is 1. The van der Waals surface area contributed by atoms with Crippen LogP contribution in [0.1, 0.15) is 118 Å². The Morgan fingerprint density at radius 1 is 0.904 bits per heavy atom. The van der Waals surface area contributed by atoms with Crippen molar-refractivity contribution in [2.24, 2.45) is 10.8 Å². The van der Waals surface area contributed by atoms with Crippen molar-refractivity contribution in [3.8, 4) is 21.7 Å². The van der Waals surface area contributed by atoms with Crippen LogP contribution in [0.2, 0.25) is 0 Å². The van der Waals surface area contributed by atoms with Crippen molar-refractivity contribution in [3.05, 3.63) is 101 Å². The van der Waals surface area contributed by atoms with Crippen molar-refractivity contribution in [1.82, 2.24) is 4.98 Å². The molecule has 3 aromatic heterocycles. The molecule has 0 saturated heterocycles. The normalized spacial score (nSPS) is 13.9. The summed E-state index contributed by atoms with van der Waals surface area (Å²) in [5.74, 6) is 0.791. The van der Waals surface area contributed by atoms with E-state index >= 15 is 0 Å². The third-order valence-corrected chi connectivity index (χ3v) is 13.3. The number of fused-ring (bicyclic) bond motifs is 8. The molecule has 0 aliphatic heterocycles. The zero-order valence-corrected chi connectivity index (χ0v) is 35.5. The number of benzene rings is 3. The first-order chi connectivity index (χ1) is 24.2. The Hall–Kier alpha value is -3.57. The van der Waals surface area contributed by atoms with Crippen molar-refractivity contribution in [1.29, 1.82) is 0 Å². The second-order valence-corrected chi connectivity index (χ2v) is 16.6. The summed E-state index contributed by atoms with van der Waals surface area (Å²) in [4.78, 5) is 18.4. The van der Waals surface area contributed by atoms with Gasteiger partial charge in [0.1, 0.15) is 11.3 Å². The molecule has 275 valence electrons. The van der Waals surface area contributed by atoms with E-state index in [0.29, 0.717) is 5.92 Å². The van der Waals surface area contributed by atoms with E-state index in [1.165, 1.54) is 43.3 Å². The largest absolute Gasteiger partial charge is 0.512 e. The van der Waals surface area contributed by atoms with Crippen LogP contribution in [0.15, 0.2) is 83.1 Å². The van der Waals surface area contributed by atoms with Gasteiger partial charge in [-0.1, -0.05) is 117 Å². The van der Waals surface area contributed by atoms with E-state index in [1.807, 2.05) is 71.2 Å². The number of allylic oxidation sites excluding steroid dienone is 2. The molecule has 52 heavy (non-hydrogen) atoms. The molecule has 7 rings (SSSR count). The first-order valence-electron chi connectivity index (χ1n) is 18.6. The fourth-order valence-corrected chi connectivity index (χ4v) is 9.17. The van der Waals surface area contributed by atoms with Crippen LogP contribution < -0.4 is 0 Å². The average molecular weight is 891 g/mol. The van der Waals surface area contributed by atoms with Gasteiger partial charge in [-0.2, -0.15) is 0 Å². The zero-order valence-electron chi connectivity index (χ0n) is 32.3. The molecule has 0 saturated carbocycles. The second kappa shape index (κ2) is 15.0. The third-order valence-electron chi connectivity index (χ3n) is 12.0. The van der Waals surface area contributed by atoms with Gasteiger partial charge in [0.25, 0.3) is 0 Å². The van der Waals surface area contributed by atoms with Crippen molar-refractivity contribution in [3.63, 3.8) is 0 Å². The van der Waals surface area contributed by atoms with Crippen LogP contribution in [0, 0.1) is 16.9 Å². The summed E-state index contributed by atoms with van der Waals surface area (Å²) in [6.07, 6.45) is 6.62. The molecular weight excluding hydrogens is 839 g/mol. The smallest absolute Gasteiger partial charge is 0.164 e. The molecule has 3 heterocycles. The van der Waals surface area contributed by atoms with Crippen molar-refractivity contribution < 1.29 is 34.4 Å². The number of ketones is 1. The second-order valence-electron chi connectivity index (χ2n) is 15.5. The van der Waals surface area contributed by atoms with Gasteiger partial charge in [0.2, 0.25) is 0 Å². The standard InChI is InChI=1S/C31H24NOS.C15H28O2.Ir/c1-17(2)18-10-7-13-22-28-30(34-29(18)22)21-12-8-11-20(27(21)31(28,3)4)24-15-23-19-9-5-6-14-25(19)33-26(23)16-32-24;1-7-14(5,8-2)12(16)11-13(17)15(6,9-3)10-4;/h5-10,12-17H,1-4H3;11,16H,7-10H2,1-6H3;/q-1;;/b;12-11-;. The number of thiophene rings is 1. The van der Waals surface area contributed by atoms with Crippen LogP contribution in [-0.2, 0) is 30.3 Å². The number of hydrogen-bond acceptors (Lipinski definition) is 5. The SMILES string of the molecule is CC(C)c1cccc2c3c(sc12)-c1cc[c-]c(-c2cc4c(cn2)oc2ccccc24)c1C3(C)C.CCC(C)(CC)C(=O)/C=C(\O)C(C)(CC)CC.[Ir]. The molecule has 3 aromatic carbocycles. The number of aliphatic hydroxyl groups is 1. The summed E-state index contributed by atoms with van der Waals surface area (Å²) in [6, 6.07) is 25.0. The molecular formula is C46H52IrNO3S-. The van der Waals surface area contributed by atoms with E-state index in [2.05, 4.69) is 82.3 Å². The quantitative estimate of drug-likeness (QED) is 0.0892. The molecule has 1 radical (unpaired) electrons. The van der Waals surface area contributed by atoms with Gasteiger partial charge in [0.15, 0.2) is 11.4 Å². The van der Waals surface area contributed by atoms with Gasteiger partial charge in [-0.3, -0.25) is 4.79 Å². The summed E-state index contributed by atoms with van der Waals surface area (Å²) >= 11 is 1.95. The minimum atomic E-state index is -0.337. The Morgan fingerprint density at radius 3 is 2.21 bits per heavy atom. The van der Waals surface area contributed by atoms with E-state index in [0.717, 1.165) is 58.9 Å². The Morgan fingerprint density at radius 2 is 1.56 bits per heavy atom. The maximum atomic E-state index is 12.2. The van der Waals surface area contributed by atoms with Gasteiger partial charge in [-0.25, -0.2) is 0 Å². The summed E-state index contributed by atoms with van der Waals surface area (Å²) < 4.78 is 7.45. The van der Waals surface area contributed by atoms with Crippen LogP contribution in [0.3, 0.4) is 0 Å². The third kappa shape index (κ3) is 6.61. The van der Waals surface area contributed by atoms with Crippen molar-refractivity contribution >= 4 is 49.1 Å². The predicted octanol–water partition coefficient (Wildman–Crippen LogP) is 13.7. The number of furan rings is 1. The van der Waals surface area contributed by atoms with E-state index in [1.54, 1.807) is 0 Å². The maximum Gasteiger partial charge on any atom is 0.164 e. The van der Waals surface area contributed by atoms with Crippen LogP contribution in [0.4, 0.5) is 0 Å². The van der Waals surface area contributed by atoms with E-state index in [-0.39, 0.29) is 47.9 Å². The molecule has 1 N–H and O–H groups in total. The van der Waals surface area contributed by atoms with E-state index in [9.17, 15) is 9.90 Å². The van der Waals surface area contributed by atoms with Gasteiger partial charge in [0.05, 0.1) is 6.20 Å². The molecule has 6 aromatic rings. The average Bonchev–Trinajstić information content (AvgIpc) is 3.79. The Labute approximate surface area is 327 Å². The predicted molar refractivity (Wildman–Crippen MR) is 216 cm³/mol. The number of aliphatic hydroxyl groups excluding tert-OH is 1. The summed E-state index contributed by atoms with van der Waals surface area (Å²) in [5.41, 5.74) is 8.55. The van der Waals surface area contributed by atoms with Gasteiger partial charge in [-0.15, -0.1) is 40.7 Å². The molecule has 6 heteroatoms. The Bertz CT molecular complexity index is 2280. The molecule has 0 spiro atoms. The summed E-state index contributed by atoms with van der Waals surface area (Å²) in [5, 5.41) is 13.8. The number of carbonyl (C=O) groups excluding carboxylic acids is 1. The topological polar surface area (TPSA) is 63.3 Å². The fourth-order valence-electron chi connectivity index (χ4n) is 7.52. The van der Waals surface area contributed by atoms with Gasteiger partial charge in [-0.05, 0) is 65.3 Å². The van der Waals surface area contributed by atoms with Crippen LogP contribution in [-0.4, -0.2) is 15.9 Å². The first kappa shape index (κ1) is 39.6. The van der Waals surface area contributed by atoms with E-state index < -0.39 is 0 Å². The Balaban J connectivity index is 0.000000250. The number of aromatic nitrogens is 1.